The van der Waals surface area contributed by atoms with Gasteiger partial charge in [0.05, 0.1) is 11.0 Å². The lowest BCUT2D eigenvalue weighted by atomic mass is 9.82. The second-order valence-electron chi connectivity index (χ2n) is 5.26. The second kappa shape index (κ2) is 5.63. The molecule has 7 nitrogen and oxygen atoms in total. The molecule has 1 aromatic carbocycles. The molecule has 8 heteroatoms. The van der Waals surface area contributed by atoms with Crippen LogP contribution < -0.4 is 0 Å². The highest BCUT2D eigenvalue weighted by molar-refractivity contribution is 7.89. The van der Waals surface area contributed by atoms with Gasteiger partial charge in [-0.3, -0.25) is 0 Å². The summed E-state index contributed by atoms with van der Waals surface area (Å²) in [5, 5.41) is 27.6. The lowest BCUT2D eigenvalue weighted by molar-refractivity contribution is 0.0367. The maximum atomic E-state index is 12.4. The standard InChI is InChI=1S/C13H17NO6S/c1-14(7-8-4-9(15)5-8)21(19,20)10-2-3-12(16)11(6-10)13(17)18/h2-3,6,8-9,15-16H,4-5,7H2,1H3,(H,17,18). The number of phenols is 1. The minimum atomic E-state index is -3.82. The predicted octanol–water partition coefficient (Wildman–Crippen LogP) is 0.482. The maximum absolute atomic E-state index is 12.4. The zero-order valence-corrected chi connectivity index (χ0v) is 12.2. The van der Waals surface area contributed by atoms with E-state index in [9.17, 15) is 23.4 Å². The second-order valence-corrected chi connectivity index (χ2v) is 7.31. The molecule has 0 unspecified atom stereocenters. The molecule has 0 bridgehead atoms. The molecule has 116 valence electrons. The summed E-state index contributed by atoms with van der Waals surface area (Å²) in [6, 6.07) is 3.17. The number of benzene rings is 1. The van der Waals surface area contributed by atoms with E-state index in [0.29, 0.717) is 12.8 Å². The number of carbonyl (C=O) groups is 1. The van der Waals surface area contributed by atoms with Crippen molar-refractivity contribution in [3.05, 3.63) is 23.8 Å². The molecule has 1 aliphatic carbocycles. The third-order valence-electron chi connectivity index (χ3n) is 3.63. The van der Waals surface area contributed by atoms with E-state index in [-0.39, 0.29) is 23.5 Å². The summed E-state index contributed by atoms with van der Waals surface area (Å²) in [6.45, 7) is 0.267. The van der Waals surface area contributed by atoms with Gasteiger partial charge in [0, 0.05) is 13.6 Å². The molecule has 2 rings (SSSR count). The Hall–Kier alpha value is -1.64. The fraction of sp³-hybridized carbons (Fsp3) is 0.462. The number of hydrogen-bond donors (Lipinski definition) is 3. The number of aliphatic hydroxyl groups is 1. The molecule has 0 amide bonds. The van der Waals surface area contributed by atoms with Crippen LogP contribution in [-0.2, 0) is 10.0 Å². The number of rotatable bonds is 5. The summed E-state index contributed by atoms with van der Waals surface area (Å²) in [6.07, 6.45) is 0.768. The molecule has 0 radical (unpaired) electrons. The van der Waals surface area contributed by atoms with Crippen molar-refractivity contribution in [2.24, 2.45) is 5.92 Å². The van der Waals surface area contributed by atoms with Crippen LogP contribution in [0.3, 0.4) is 0 Å². The highest BCUT2D eigenvalue weighted by Gasteiger charge is 2.32. The van der Waals surface area contributed by atoms with Gasteiger partial charge in [0.15, 0.2) is 0 Å². The first kappa shape index (κ1) is 15.7. The van der Waals surface area contributed by atoms with Gasteiger partial charge in [-0.25, -0.2) is 17.5 Å². The Morgan fingerprint density at radius 2 is 2.00 bits per heavy atom. The fourth-order valence-electron chi connectivity index (χ4n) is 2.34. The van der Waals surface area contributed by atoms with Crippen LogP contribution >= 0.6 is 0 Å². The molecule has 3 N–H and O–H groups in total. The normalized spacial score (nSPS) is 22.0. The van der Waals surface area contributed by atoms with Gasteiger partial charge >= 0.3 is 5.97 Å². The Morgan fingerprint density at radius 3 is 2.52 bits per heavy atom. The molecule has 1 saturated carbocycles. The van der Waals surface area contributed by atoms with E-state index < -0.39 is 27.3 Å². The summed E-state index contributed by atoms with van der Waals surface area (Å²) in [5.41, 5.74) is -0.455. The van der Waals surface area contributed by atoms with Gasteiger partial charge in [-0.2, -0.15) is 0 Å². The molecule has 1 fully saturated rings. The number of carboxylic acid groups (broad SMARTS) is 1. The van der Waals surface area contributed by atoms with Gasteiger partial charge in [0.1, 0.15) is 11.3 Å². The van der Waals surface area contributed by atoms with Crippen LogP contribution in [-0.4, -0.2) is 53.7 Å². The summed E-state index contributed by atoms with van der Waals surface area (Å²) >= 11 is 0. The van der Waals surface area contributed by atoms with Gasteiger partial charge in [-0.05, 0) is 37.0 Å². The SMILES string of the molecule is CN(CC1CC(O)C1)S(=O)(=O)c1ccc(O)c(C(=O)O)c1. The van der Waals surface area contributed by atoms with Crippen molar-refractivity contribution in [1.29, 1.82) is 0 Å². The van der Waals surface area contributed by atoms with Crippen LogP contribution in [0.15, 0.2) is 23.1 Å². The fourth-order valence-corrected chi connectivity index (χ4v) is 3.61. The monoisotopic (exact) mass is 315 g/mol. The molecule has 0 atom stereocenters. The molecular weight excluding hydrogens is 298 g/mol. The van der Waals surface area contributed by atoms with E-state index in [1.165, 1.54) is 13.1 Å². The number of sulfonamides is 1. The van der Waals surface area contributed by atoms with Crippen LogP contribution in [0.5, 0.6) is 5.75 Å². The van der Waals surface area contributed by atoms with Gasteiger partial charge < -0.3 is 15.3 Å². The zero-order valence-electron chi connectivity index (χ0n) is 11.4. The van der Waals surface area contributed by atoms with Crippen molar-refractivity contribution in [3.8, 4) is 5.75 Å². The molecule has 1 aliphatic rings. The van der Waals surface area contributed by atoms with Crippen LogP contribution in [0.4, 0.5) is 0 Å². The highest BCUT2D eigenvalue weighted by Crippen LogP contribution is 2.30. The quantitative estimate of drug-likeness (QED) is 0.728. The topological polar surface area (TPSA) is 115 Å². The van der Waals surface area contributed by atoms with Crippen LogP contribution in [0.25, 0.3) is 0 Å². The van der Waals surface area contributed by atoms with Crippen molar-refractivity contribution < 1.29 is 28.5 Å². The summed E-state index contributed by atoms with van der Waals surface area (Å²) in [5.74, 6) is -1.77. The number of aliphatic hydroxyl groups excluding tert-OH is 1. The first-order chi connectivity index (χ1) is 9.71. The van der Waals surface area contributed by atoms with Crippen LogP contribution in [0, 0.1) is 5.92 Å². The molecular formula is C13H17NO6S. The number of nitrogens with zero attached hydrogens (tertiary/aromatic N) is 1. The van der Waals surface area contributed by atoms with Crippen molar-refractivity contribution in [2.75, 3.05) is 13.6 Å². The van der Waals surface area contributed by atoms with Crippen LogP contribution in [0.1, 0.15) is 23.2 Å². The van der Waals surface area contributed by atoms with E-state index in [4.69, 9.17) is 5.11 Å². The lowest BCUT2D eigenvalue weighted by Crippen LogP contribution is -2.39. The average molecular weight is 315 g/mol. The van der Waals surface area contributed by atoms with Crippen molar-refractivity contribution in [3.63, 3.8) is 0 Å². The number of aromatic hydroxyl groups is 1. The van der Waals surface area contributed by atoms with Crippen molar-refractivity contribution in [1.82, 2.24) is 4.31 Å². The minimum absolute atomic E-state index is 0.107. The molecule has 0 spiro atoms. The summed E-state index contributed by atoms with van der Waals surface area (Å²) in [4.78, 5) is 10.8. The Kier molecular flexibility index (Phi) is 4.22. The largest absolute Gasteiger partial charge is 0.507 e. The third-order valence-corrected chi connectivity index (χ3v) is 5.45. The van der Waals surface area contributed by atoms with E-state index in [0.717, 1.165) is 16.4 Å². The van der Waals surface area contributed by atoms with E-state index >= 15 is 0 Å². The van der Waals surface area contributed by atoms with Crippen molar-refractivity contribution >= 4 is 16.0 Å². The average Bonchev–Trinajstić information content (AvgIpc) is 2.36. The Labute approximate surface area is 122 Å². The maximum Gasteiger partial charge on any atom is 0.339 e. The molecule has 21 heavy (non-hydrogen) atoms. The Balaban J connectivity index is 2.22. The molecule has 1 aromatic rings. The van der Waals surface area contributed by atoms with E-state index in [1.807, 2.05) is 0 Å². The Bertz CT molecular complexity index is 651. The zero-order chi connectivity index (χ0) is 15.8. The third kappa shape index (κ3) is 3.17. The number of hydrogen-bond acceptors (Lipinski definition) is 5. The van der Waals surface area contributed by atoms with Gasteiger partial charge in [0.25, 0.3) is 0 Å². The van der Waals surface area contributed by atoms with Gasteiger partial charge in [0.2, 0.25) is 10.0 Å². The summed E-state index contributed by atoms with van der Waals surface area (Å²) in [7, 11) is -2.41. The van der Waals surface area contributed by atoms with Crippen molar-refractivity contribution in [2.45, 2.75) is 23.8 Å². The van der Waals surface area contributed by atoms with Gasteiger partial charge in [-0.15, -0.1) is 0 Å². The smallest absolute Gasteiger partial charge is 0.339 e. The Morgan fingerprint density at radius 1 is 1.38 bits per heavy atom. The number of carboxylic acids is 1. The first-order valence-electron chi connectivity index (χ1n) is 6.42. The minimum Gasteiger partial charge on any atom is -0.507 e. The van der Waals surface area contributed by atoms with Gasteiger partial charge in [-0.1, -0.05) is 0 Å². The lowest BCUT2D eigenvalue weighted by Gasteiger charge is -2.34. The first-order valence-corrected chi connectivity index (χ1v) is 7.86. The molecule has 0 aromatic heterocycles. The predicted molar refractivity (Wildman–Crippen MR) is 73.6 cm³/mol. The highest BCUT2D eigenvalue weighted by atomic mass is 32.2. The summed E-state index contributed by atoms with van der Waals surface area (Å²) < 4.78 is 25.9. The van der Waals surface area contributed by atoms with Crippen LogP contribution in [0.2, 0.25) is 0 Å². The van der Waals surface area contributed by atoms with E-state index in [1.54, 1.807) is 0 Å². The number of aromatic carboxylic acids is 1. The van der Waals surface area contributed by atoms with E-state index in [2.05, 4.69) is 0 Å². The molecule has 0 aliphatic heterocycles. The molecule has 0 heterocycles. The molecule has 0 saturated heterocycles.